The van der Waals surface area contributed by atoms with Crippen LogP contribution in [-0.4, -0.2) is 30.4 Å². The van der Waals surface area contributed by atoms with Crippen LogP contribution >= 0.6 is 11.3 Å². The topological polar surface area (TPSA) is 58.5 Å². The number of guanidine groups is 1. The Morgan fingerprint density at radius 1 is 1.23 bits per heavy atom. The standard InChI is InChI=1S/C17H21F3N4OS/c1-3-21-16(24-11-15-23-10-12(2)26-15)22-9-8-13-4-6-14(7-5-13)25-17(18,19)20/h4-7,10H,3,8-9,11H2,1-2H3,(H2,21,22,24). The van der Waals surface area contributed by atoms with E-state index in [9.17, 15) is 13.2 Å². The Morgan fingerprint density at radius 2 is 1.96 bits per heavy atom. The fourth-order valence-corrected chi connectivity index (χ4v) is 2.86. The number of ether oxygens (including phenoxy) is 1. The number of rotatable bonds is 7. The van der Waals surface area contributed by atoms with Gasteiger partial charge in [0.1, 0.15) is 10.8 Å². The van der Waals surface area contributed by atoms with Crippen molar-refractivity contribution in [2.75, 3.05) is 13.1 Å². The lowest BCUT2D eigenvalue weighted by molar-refractivity contribution is -0.274. The van der Waals surface area contributed by atoms with Crippen molar-refractivity contribution in [2.45, 2.75) is 33.2 Å². The average Bonchev–Trinajstić information content (AvgIpc) is 2.98. The van der Waals surface area contributed by atoms with Crippen LogP contribution in [0.2, 0.25) is 0 Å². The van der Waals surface area contributed by atoms with E-state index in [1.54, 1.807) is 23.5 Å². The minimum absolute atomic E-state index is 0.220. The van der Waals surface area contributed by atoms with Gasteiger partial charge in [0.25, 0.3) is 0 Å². The molecule has 9 heteroatoms. The number of benzene rings is 1. The molecule has 142 valence electrons. The molecule has 0 aliphatic carbocycles. The van der Waals surface area contributed by atoms with Gasteiger partial charge in [-0.05, 0) is 38.0 Å². The Hall–Kier alpha value is -2.29. The number of nitrogens with one attached hydrogen (secondary N) is 2. The van der Waals surface area contributed by atoms with Crippen LogP contribution in [0.1, 0.15) is 22.4 Å². The van der Waals surface area contributed by atoms with Gasteiger partial charge in [0.15, 0.2) is 5.96 Å². The molecule has 0 spiro atoms. The molecule has 5 nitrogen and oxygen atoms in total. The van der Waals surface area contributed by atoms with Gasteiger partial charge < -0.3 is 15.4 Å². The Bertz CT molecular complexity index is 714. The molecule has 1 aromatic carbocycles. The van der Waals surface area contributed by atoms with Crippen molar-refractivity contribution in [3.05, 3.63) is 45.9 Å². The van der Waals surface area contributed by atoms with Crippen LogP contribution in [0, 0.1) is 6.92 Å². The molecule has 26 heavy (non-hydrogen) atoms. The summed E-state index contributed by atoms with van der Waals surface area (Å²) in [6, 6.07) is 5.86. The third-order valence-electron chi connectivity index (χ3n) is 3.25. The molecule has 0 saturated carbocycles. The normalized spacial score (nSPS) is 12.1. The Morgan fingerprint density at radius 3 is 2.54 bits per heavy atom. The number of nitrogens with zero attached hydrogens (tertiary/aromatic N) is 2. The first-order chi connectivity index (χ1) is 12.4. The van der Waals surface area contributed by atoms with E-state index in [1.165, 1.54) is 12.1 Å². The summed E-state index contributed by atoms with van der Waals surface area (Å²) in [4.78, 5) is 9.90. The third-order valence-corrected chi connectivity index (χ3v) is 4.15. The largest absolute Gasteiger partial charge is 0.573 e. The molecule has 0 amide bonds. The summed E-state index contributed by atoms with van der Waals surface area (Å²) in [5, 5.41) is 7.30. The number of aromatic nitrogens is 1. The molecule has 0 aliphatic heterocycles. The molecule has 2 rings (SSSR count). The monoisotopic (exact) mass is 386 g/mol. The molecule has 2 aromatic rings. The van der Waals surface area contributed by atoms with Crippen LogP contribution in [0.4, 0.5) is 13.2 Å². The maximum Gasteiger partial charge on any atom is 0.573 e. The summed E-state index contributed by atoms with van der Waals surface area (Å²) in [6.07, 6.45) is -2.20. The van der Waals surface area contributed by atoms with Crippen molar-refractivity contribution >= 4 is 17.3 Å². The van der Waals surface area contributed by atoms with E-state index in [1.807, 2.05) is 20.0 Å². The fraction of sp³-hybridized carbons (Fsp3) is 0.412. The summed E-state index contributed by atoms with van der Waals surface area (Å²) in [7, 11) is 0. The third kappa shape index (κ3) is 7.30. The number of thiazole rings is 1. The molecular formula is C17H21F3N4OS. The lowest BCUT2D eigenvalue weighted by atomic mass is 10.1. The summed E-state index contributed by atoms with van der Waals surface area (Å²) in [5.41, 5.74) is 0.901. The summed E-state index contributed by atoms with van der Waals surface area (Å²) in [5.74, 6) is 0.459. The first-order valence-corrected chi connectivity index (χ1v) is 8.95. The van der Waals surface area contributed by atoms with Gasteiger partial charge in [-0.2, -0.15) is 0 Å². The summed E-state index contributed by atoms with van der Waals surface area (Å²) in [6.45, 7) is 5.80. The van der Waals surface area contributed by atoms with Gasteiger partial charge in [0.05, 0.1) is 6.54 Å². The lowest BCUT2D eigenvalue weighted by Crippen LogP contribution is -2.38. The van der Waals surface area contributed by atoms with E-state index >= 15 is 0 Å². The summed E-state index contributed by atoms with van der Waals surface area (Å²) >= 11 is 1.61. The number of halogens is 3. The zero-order chi connectivity index (χ0) is 19.0. The van der Waals surface area contributed by atoms with Gasteiger partial charge in [-0.25, -0.2) is 9.98 Å². The number of aryl methyl sites for hydroxylation is 1. The van der Waals surface area contributed by atoms with E-state index in [0.717, 1.165) is 22.0 Å². The Labute approximate surface area is 154 Å². The SMILES string of the molecule is CCNC(=NCc1ncc(C)s1)NCCc1ccc(OC(F)(F)F)cc1. The van der Waals surface area contributed by atoms with Gasteiger partial charge in [-0.3, -0.25) is 0 Å². The van der Waals surface area contributed by atoms with Gasteiger partial charge in [0, 0.05) is 24.2 Å². The van der Waals surface area contributed by atoms with Gasteiger partial charge in [0.2, 0.25) is 0 Å². The fourth-order valence-electron chi connectivity index (χ4n) is 2.15. The number of aliphatic imine (C=N–C) groups is 1. The van der Waals surface area contributed by atoms with E-state index < -0.39 is 6.36 Å². The van der Waals surface area contributed by atoms with Gasteiger partial charge in [-0.15, -0.1) is 24.5 Å². The highest BCUT2D eigenvalue weighted by atomic mass is 32.1. The highest BCUT2D eigenvalue weighted by Crippen LogP contribution is 2.22. The number of hydrogen-bond donors (Lipinski definition) is 2. The van der Waals surface area contributed by atoms with E-state index in [0.29, 0.717) is 25.5 Å². The molecule has 0 saturated heterocycles. The van der Waals surface area contributed by atoms with E-state index in [4.69, 9.17) is 0 Å². The molecule has 0 aliphatic rings. The molecule has 2 N–H and O–H groups in total. The first-order valence-electron chi connectivity index (χ1n) is 8.14. The minimum atomic E-state index is -4.67. The molecular weight excluding hydrogens is 365 g/mol. The van der Waals surface area contributed by atoms with Crippen molar-refractivity contribution in [3.8, 4) is 5.75 Å². The highest BCUT2D eigenvalue weighted by Gasteiger charge is 2.30. The Balaban J connectivity index is 1.83. The predicted molar refractivity (Wildman–Crippen MR) is 96.5 cm³/mol. The second-order valence-corrected chi connectivity index (χ2v) is 6.75. The minimum Gasteiger partial charge on any atom is -0.406 e. The Kier molecular flexibility index (Phi) is 7.26. The lowest BCUT2D eigenvalue weighted by Gasteiger charge is -2.12. The molecule has 0 radical (unpaired) electrons. The van der Waals surface area contributed by atoms with Crippen molar-refractivity contribution < 1.29 is 17.9 Å². The summed E-state index contributed by atoms with van der Waals surface area (Å²) < 4.78 is 40.3. The molecule has 0 bridgehead atoms. The van der Waals surface area contributed by atoms with E-state index in [2.05, 4.69) is 25.3 Å². The average molecular weight is 386 g/mol. The van der Waals surface area contributed by atoms with Crippen LogP contribution in [-0.2, 0) is 13.0 Å². The zero-order valence-corrected chi connectivity index (χ0v) is 15.4. The molecule has 1 heterocycles. The van der Waals surface area contributed by atoms with E-state index in [-0.39, 0.29) is 5.75 Å². The van der Waals surface area contributed by atoms with Gasteiger partial charge in [-0.1, -0.05) is 12.1 Å². The molecule has 0 atom stereocenters. The number of alkyl halides is 3. The first kappa shape index (κ1) is 20.0. The number of hydrogen-bond acceptors (Lipinski definition) is 4. The van der Waals surface area contributed by atoms with Crippen LogP contribution in [0.25, 0.3) is 0 Å². The van der Waals surface area contributed by atoms with Crippen molar-refractivity contribution in [3.63, 3.8) is 0 Å². The van der Waals surface area contributed by atoms with Gasteiger partial charge >= 0.3 is 6.36 Å². The van der Waals surface area contributed by atoms with Crippen LogP contribution in [0.3, 0.4) is 0 Å². The second kappa shape index (κ2) is 9.42. The predicted octanol–water partition coefficient (Wildman–Crippen LogP) is 3.65. The smallest absolute Gasteiger partial charge is 0.406 e. The van der Waals surface area contributed by atoms with Crippen LogP contribution in [0.5, 0.6) is 5.75 Å². The maximum atomic E-state index is 12.1. The maximum absolute atomic E-state index is 12.1. The van der Waals surface area contributed by atoms with Crippen LogP contribution in [0.15, 0.2) is 35.5 Å². The van der Waals surface area contributed by atoms with Crippen molar-refractivity contribution in [1.82, 2.24) is 15.6 Å². The quantitative estimate of drug-likeness (QED) is 0.563. The zero-order valence-electron chi connectivity index (χ0n) is 14.6. The van der Waals surface area contributed by atoms with Crippen molar-refractivity contribution in [1.29, 1.82) is 0 Å². The van der Waals surface area contributed by atoms with Crippen molar-refractivity contribution in [2.24, 2.45) is 4.99 Å². The molecule has 0 unspecified atom stereocenters. The van der Waals surface area contributed by atoms with Crippen LogP contribution < -0.4 is 15.4 Å². The molecule has 0 fully saturated rings. The molecule has 1 aromatic heterocycles. The second-order valence-electron chi connectivity index (χ2n) is 5.43. The highest BCUT2D eigenvalue weighted by molar-refractivity contribution is 7.11.